The average molecular weight is 424 g/mol. The minimum absolute atomic E-state index is 0.105. The van der Waals surface area contributed by atoms with E-state index in [1.54, 1.807) is 0 Å². The van der Waals surface area contributed by atoms with Crippen molar-refractivity contribution in [1.82, 2.24) is 0 Å². The molecule has 0 saturated carbocycles. The number of ether oxygens (including phenoxy) is 1. The summed E-state index contributed by atoms with van der Waals surface area (Å²) in [5.41, 5.74) is 5.24. The number of carbonyl (C=O) groups excluding carboxylic acids is 2. The van der Waals surface area contributed by atoms with Crippen LogP contribution in [0.5, 0.6) is 0 Å². The van der Waals surface area contributed by atoms with E-state index in [9.17, 15) is 9.59 Å². The van der Waals surface area contributed by atoms with Crippen molar-refractivity contribution in [2.45, 2.75) is 79.1 Å². The SMILES string of the molecule is Cc1cccc(C(C)C)c1NC(=O)COC(=O)c1cc(C(C)(C)C)cc(C(C)(C)C)c1. The Morgan fingerprint density at radius 2 is 1.48 bits per heavy atom. The van der Waals surface area contributed by atoms with Gasteiger partial charge < -0.3 is 10.1 Å². The van der Waals surface area contributed by atoms with Crippen LogP contribution < -0.4 is 5.32 Å². The molecule has 1 N–H and O–H groups in total. The Balaban J connectivity index is 2.19. The summed E-state index contributed by atoms with van der Waals surface area (Å²) < 4.78 is 5.39. The Morgan fingerprint density at radius 1 is 0.935 bits per heavy atom. The molecule has 4 nitrogen and oxygen atoms in total. The minimum atomic E-state index is -0.486. The smallest absolute Gasteiger partial charge is 0.338 e. The first-order valence-electron chi connectivity index (χ1n) is 10.9. The normalized spacial score (nSPS) is 12.1. The molecule has 0 aliphatic rings. The molecule has 0 unspecified atom stereocenters. The first-order valence-corrected chi connectivity index (χ1v) is 10.9. The summed E-state index contributed by atoms with van der Waals surface area (Å²) in [6, 6.07) is 11.8. The molecular formula is C27H37NO3. The molecule has 0 spiro atoms. The Morgan fingerprint density at radius 3 is 1.97 bits per heavy atom. The minimum Gasteiger partial charge on any atom is -0.452 e. The lowest BCUT2D eigenvalue weighted by atomic mass is 9.79. The predicted molar refractivity (Wildman–Crippen MR) is 128 cm³/mol. The third-order valence-corrected chi connectivity index (χ3v) is 5.43. The van der Waals surface area contributed by atoms with Crippen LogP contribution in [0.25, 0.3) is 0 Å². The highest BCUT2D eigenvalue weighted by molar-refractivity contribution is 5.96. The number of amides is 1. The van der Waals surface area contributed by atoms with Crippen molar-refractivity contribution in [2.24, 2.45) is 0 Å². The molecule has 0 bridgehead atoms. The molecule has 0 atom stereocenters. The summed E-state index contributed by atoms with van der Waals surface area (Å²) in [6.07, 6.45) is 0. The molecule has 0 radical (unpaired) electrons. The van der Waals surface area contributed by atoms with E-state index in [2.05, 4.69) is 66.8 Å². The van der Waals surface area contributed by atoms with Gasteiger partial charge >= 0.3 is 5.97 Å². The number of aryl methyl sites for hydroxylation is 1. The Hall–Kier alpha value is -2.62. The number of esters is 1. The largest absolute Gasteiger partial charge is 0.452 e. The lowest BCUT2D eigenvalue weighted by Gasteiger charge is -2.25. The van der Waals surface area contributed by atoms with Gasteiger partial charge in [0.05, 0.1) is 5.56 Å². The lowest BCUT2D eigenvalue weighted by Crippen LogP contribution is -2.23. The van der Waals surface area contributed by atoms with Gasteiger partial charge in [-0.1, -0.05) is 79.7 Å². The highest BCUT2D eigenvalue weighted by atomic mass is 16.5. The van der Waals surface area contributed by atoms with Crippen LogP contribution in [0.3, 0.4) is 0 Å². The van der Waals surface area contributed by atoms with Gasteiger partial charge in [0.2, 0.25) is 0 Å². The fourth-order valence-corrected chi connectivity index (χ4v) is 3.34. The fourth-order valence-electron chi connectivity index (χ4n) is 3.34. The molecule has 168 valence electrons. The second kappa shape index (κ2) is 9.25. The van der Waals surface area contributed by atoms with Crippen molar-refractivity contribution < 1.29 is 14.3 Å². The van der Waals surface area contributed by atoms with Crippen LogP contribution in [0.4, 0.5) is 5.69 Å². The van der Waals surface area contributed by atoms with Crippen LogP contribution in [0.1, 0.15) is 93.9 Å². The summed E-state index contributed by atoms with van der Waals surface area (Å²) in [7, 11) is 0. The van der Waals surface area contributed by atoms with Gasteiger partial charge in [0.15, 0.2) is 6.61 Å². The maximum absolute atomic E-state index is 12.8. The van der Waals surface area contributed by atoms with Gasteiger partial charge in [-0.2, -0.15) is 0 Å². The van der Waals surface area contributed by atoms with Crippen LogP contribution in [0.2, 0.25) is 0 Å². The first kappa shape index (κ1) is 24.6. The molecule has 2 aromatic carbocycles. The standard InChI is InChI=1S/C27H37NO3/c1-17(2)22-12-10-11-18(3)24(22)28-23(29)16-31-25(30)19-13-20(26(4,5)6)15-21(14-19)27(7,8)9/h10-15,17H,16H2,1-9H3,(H,28,29). The van der Waals surface area contributed by atoms with Gasteiger partial charge in [-0.05, 0) is 58.1 Å². The monoisotopic (exact) mass is 423 g/mol. The van der Waals surface area contributed by atoms with Crippen molar-refractivity contribution in [3.63, 3.8) is 0 Å². The van der Waals surface area contributed by atoms with E-state index in [0.717, 1.165) is 27.9 Å². The number of para-hydroxylation sites is 1. The maximum atomic E-state index is 12.8. The van der Waals surface area contributed by atoms with Crippen LogP contribution >= 0.6 is 0 Å². The van der Waals surface area contributed by atoms with Gasteiger partial charge in [-0.25, -0.2) is 4.79 Å². The number of carbonyl (C=O) groups is 2. The van der Waals surface area contributed by atoms with Crippen LogP contribution in [0, 0.1) is 6.92 Å². The molecule has 2 aromatic rings. The van der Waals surface area contributed by atoms with Crippen molar-refractivity contribution in [3.8, 4) is 0 Å². The molecule has 2 rings (SSSR count). The molecule has 31 heavy (non-hydrogen) atoms. The molecule has 0 saturated heterocycles. The van der Waals surface area contributed by atoms with E-state index in [4.69, 9.17) is 4.74 Å². The van der Waals surface area contributed by atoms with Crippen molar-refractivity contribution in [1.29, 1.82) is 0 Å². The summed E-state index contributed by atoms with van der Waals surface area (Å²) in [5, 5.41) is 2.92. The quantitative estimate of drug-likeness (QED) is 0.558. The summed E-state index contributed by atoms with van der Waals surface area (Å²) >= 11 is 0. The number of rotatable bonds is 5. The van der Waals surface area contributed by atoms with Crippen molar-refractivity contribution in [2.75, 3.05) is 11.9 Å². The highest BCUT2D eigenvalue weighted by Crippen LogP contribution is 2.31. The van der Waals surface area contributed by atoms with Crippen molar-refractivity contribution >= 4 is 17.6 Å². The number of anilines is 1. The molecule has 1 amide bonds. The lowest BCUT2D eigenvalue weighted by molar-refractivity contribution is -0.119. The van der Waals surface area contributed by atoms with Crippen LogP contribution in [-0.4, -0.2) is 18.5 Å². The Bertz CT molecular complexity index is 927. The predicted octanol–water partition coefficient (Wildman–Crippen LogP) is 6.51. The van der Waals surface area contributed by atoms with Gasteiger partial charge in [0, 0.05) is 5.69 Å². The van der Waals surface area contributed by atoms with Crippen LogP contribution in [0.15, 0.2) is 36.4 Å². The van der Waals surface area contributed by atoms with E-state index in [-0.39, 0.29) is 29.3 Å². The summed E-state index contributed by atoms with van der Waals surface area (Å²) in [6.45, 7) is 18.5. The Kier molecular flexibility index (Phi) is 7.36. The number of benzene rings is 2. The van der Waals surface area contributed by atoms with Gasteiger partial charge in [-0.3, -0.25) is 4.79 Å². The molecule has 0 aliphatic carbocycles. The maximum Gasteiger partial charge on any atom is 0.338 e. The molecule has 0 fully saturated rings. The topological polar surface area (TPSA) is 55.4 Å². The zero-order valence-electron chi connectivity index (χ0n) is 20.5. The van der Waals surface area contributed by atoms with E-state index < -0.39 is 5.97 Å². The zero-order valence-corrected chi connectivity index (χ0v) is 20.5. The second-order valence-electron chi connectivity index (χ2n) is 10.6. The van der Waals surface area contributed by atoms with Gasteiger partial charge in [0.25, 0.3) is 5.91 Å². The molecule has 0 aromatic heterocycles. The second-order valence-corrected chi connectivity index (χ2v) is 10.6. The fraction of sp³-hybridized carbons (Fsp3) is 0.481. The third-order valence-electron chi connectivity index (χ3n) is 5.43. The van der Waals surface area contributed by atoms with E-state index in [1.165, 1.54) is 0 Å². The van der Waals surface area contributed by atoms with Gasteiger partial charge in [0.1, 0.15) is 0 Å². The Labute approximate surface area is 187 Å². The highest BCUT2D eigenvalue weighted by Gasteiger charge is 2.23. The number of hydrogen-bond donors (Lipinski definition) is 1. The third kappa shape index (κ3) is 6.43. The summed E-state index contributed by atoms with van der Waals surface area (Å²) in [5.74, 6) is -0.554. The van der Waals surface area contributed by atoms with Gasteiger partial charge in [-0.15, -0.1) is 0 Å². The zero-order chi connectivity index (χ0) is 23.6. The van der Waals surface area contributed by atoms with Crippen LogP contribution in [-0.2, 0) is 20.4 Å². The summed E-state index contributed by atoms with van der Waals surface area (Å²) in [4.78, 5) is 25.3. The number of hydrogen-bond acceptors (Lipinski definition) is 3. The molecule has 4 heteroatoms. The first-order chi connectivity index (χ1) is 14.2. The van der Waals surface area contributed by atoms with E-state index in [0.29, 0.717) is 5.56 Å². The van der Waals surface area contributed by atoms with E-state index in [1.807, 2.05) is 37.3 Å². The van der Waals surface area contributed by atoms with E-state index >= 15 is 0 Å². The average Bonchev–Trinajstić information content (AvgIpc) is 2.65. The molecular weight excluding hydrogens is 386 g/mol. The number of nitrogens with one attached hydrogen (secondary N) is 1. The molecule has 0 heterocycles. The molecule has 0 aliphatic heterocycles. The van der Waals surface area contributed by atoms with Crippen molar-refractivity contribution in [3.05, 3.63) is 64.2 Å².